The molecule has 0 N–H and O–H groups in total. The molecule has 3 nitrogen and oxygen atoms in total. The lowest BCUT2D eigenvalue weighted by molar-refractivity contribution is -0.117. The average Bonchev–Trinajstić information content (AvgIpc) is 2.58. The van der Waals surface area contributed by atoms with Crippen LogP contribution in [-0.2, 0) is 4.79 Å². The van der Waals surface area contributed by atoms with Gasteiger partial charge in [-0.2, -0.15) is 0 Å². The molecule has 108 valence electrons. The van der Waals surface area contributed by atoms with Crippen LogP contribution in [0.5, 0.6) is 0 Å². The predicted molar refractivity (Wildman–Crippen MR) is 87.9 cm³/mol. The van der Waals surface area contributed by atoms with Gasteiger partial charge < -0.3 is 4.90 Å². The normalized spacial score (nSPS) is 14.9. The summed E-state index contributed by atoms with van der Waals surface area (Å²) in [5.41, 5.74) is 2.58. The topological polar surface area (TPSA) is 23.6 Å². The summed E-state index contributed by atoms with van der Waals surface area (Å²) in [5, 5.41) is 1.25. The fraction of sp³-hybridized carbons (Fsp3) is 0.188. The summed E-state index contributed by atoms with van der Waals surface area (Å²) >= 11 is 12.1. The summed E-state index contributed by atoms with van der Waals surface area (Å²) in [6.07, 6.45) is 0.450. The van der Waals surface area contributed by atoms with Crippen molar-refractivity contribution in [3.8, 4) is 0 Å². The molecule has 0 unspecified atom stereocenters. The number of carbonyl (C=O) groups is 1. The van der Waals surface area contributed by atoms with Crippen LogP contribution >= 0.6 is 23.2 Å². The SMILES string of the molecule is CN1CCC(=O)N(c2ccc(Cl)cc2)c2cc(Cl)ccc21. The molecule has 0 fully saturated rings. The minimum absolute atomic E-state index is 0.0465. The minimum atomic E-state index is 0.0465. The Morgan fingerprint density at radius 1 is 0.952 bits per heavy atom. The van der Waals surface area contributed by atoms with Gasteiger partial charge in [0.15, 0.2) is 0 Å². The van der Waals surface area contributed by atoms with Gasteiger partial charge in [-0.1, -0.05) is 23.2 Å². The summed E-state index contributed by atoms with van der Waals surface area (Å²) in [4.78, 5) is 16.3. The smallest absolute Gasteiger partial charge is 0.233 e. The maximum Gasteiger partial charge on any atom is 0.233 e. The number of hydrogen-bond acceptors (Lipinski definition) is 2. The molecule has 2 aromatic rings. The standard InChI is InChI=1S/C16H14Cl2N2O/c1-19-9-8-16(21)20(13-5-2-11(17)3-6-13)15-10-12(18)4-7-14(15)19/h2-7,10H,8-9H2,1H3. The lowest BCUT2D eigenvalue weighted by atomic mass is 10.2. The van der Waals surface area contributed by atoms with Crippen LogP contribution in [0.25, 0.3) is 0 Å². The van der Waals surface area contributed by atoms with E-state index in [1.54, 1.807) is 17.0 Å². The molecule has 0 aliphatic carbocycles. The van der Waals surface area contributed by atoms with Crippen LogP contribution in [0, 0.1) is 0 Å². The minimum Gasteiger partial charge on any atom is -0.372 e. The summed E-state index contributed by atoms with van der Waals surface area (Å²) in [7, 11) is 1.98. The monoisotopic (exact) mass is 320 g/mol. The lowest BCUT2D eigenvalue weighted by Gasteiger charge is -2.24. The van der Waals surface area contributed by atoms with Crippen molar-refractivity contribution in [2.24, 2.45) is 0 Å². The Bertz CT molecular complexity index is 685. The van der Waals surface area contributed by atoms with Crippen LogP contribution in [0.2, 0.25) is 10.0 Å². The van der Waals surface area contributed by atoms with Gasteiger partial charge in [-0.25, -0.2) is 0 Å². The van der Waals surface area contributed by atoms with E-state index in [0.717, 1.165) is 17.1 Å². The molecule has 21 heavy (non-hydrogen) atoms. The second-order valence-corrected chi connectivity index (χ2v) is 5.88. The molecule has 0 aromatic heterocycles. The van der Waals surface area contributed by atoms with E-state index in [4.69, 9.17) is 23.2 Å². The molecule has 1 aliphatic heterocycles. The first-order valence-corrected chi connectivity index (χ1v) is 7.41. The van der Waals surface area contributed by atoms with Crippen molar-refractivity contribution >= 4 is 46.2 Å². The first-order chi connectivity index (χ1) is 10.1. The summed E-state index contributed by atoms with van der Waals surface area (Å²) in [6, 6.07) is 12.9. The van der Waals surface area contributed by atoms with E-state index < -0.39 is 0 Å². The average molecular weight is 321 g/mol. The molecule has 0 bridgehead atoms. The van der Waals surface area contributed by atoms with Gasteiger partial charge >= 0.3 is 0 Å². The van der Waals surface area contributed by atoms with Crippen molar-refractivity contribution in [3.63, 3.8) is 0 Å². The van der Waals surface area contributed by atoms with Crippen LogP contribution in [0.1, 0.15) is 6.42 Å². The van der Waals surface area contributed by atoms with Crippen molar-refractivity contribution in [1.82, 2.24) is 0 Å². The van der Waals surface area contributed by atoms with Gasteiger partial charge in [-0.05, 0) is 42.5 Å². The Kier molecular flexibility index (Phi) is 3.79. The molecule has 3 rings (SSSR count). The second kappa shape index (κ2) is 5.58. The third kappa shape index (κ3) is 2.71. The van der Waals surface area contributed by atoms with E-state index in [1.807, 2.05) is 37.4 Å². The molecular weight excluding hydrogens is 307 g/mol. The van der Waals surface area contributed by atoms with Crippen molar-refractivity contribution in [2.45, 2.75) is 6.42 Å². The number of carbonyl (C=O) groups excluding carboxylic acids is 1. The van der Waals surface area contributed by atoms with Crippen molar-refractivity contribution in [3.05, 3.63) is 52.5 Å². The number of halogens is 2. The molecule has 0 spiro atoms. The number of anilines is 3. The molecule has 0 saturated heterocycles. The van der Waals surface area contributed by atoms with E-state index in [1.165, 1.54) is 0 Å². The fourth-order valence-electron chi connectivity index (χ4n) is 2.50. The maximum atomic E-state index is 12.5. The van der Waals surface area contributed by atoms with Crippen LogP contribution in [0.3, 0.4) is 0 Å². The van der Waals surface area contributed by atoms with Gasteiger partial charge in [0.25, 0.3) is 0 Å². The summed E-state index contributed by atoms with van der Waals surface area (Å²) < 4.78 is 0. The molecule has 2 aromatic carbocycles. The molecule has 0 atom stereocenters. The third-order valence-corrected chi connectivity index (χ3v) is 4.07. The number of rotatable bonds is 1. The Labute approximate surface area is 133 Å². The van der Waals surface area contributed by atoms with E-state index >= 15 is 0 Å². The Morgan fingerprint density at radius 2 is 1.62 bits per heavy atom. The van der Waals surface area contributed by atoms with Gasteiger partial charge in [0.1, 0.15) is 0 Å². The Balaban J connectivity index is 2.17. The predicted octanol–water partition coefficient (Wildman–Crippen LogP) is 4.50. The molecule has 1 amide bonds. The highest BCUT2D eigenvalue weighted by Gasteiger charge is 2.26. The highest BCUT2D eigenvalue weighted by atomic mass is 35.5. The van der Waals surface area contributed by atoms with E-state index in [-0.39, 0.29) is 5.91 Å². The highest BCUT2D eigenvalue weighted by Crippen LogP contribution is 2.38. The van der Waals surface area contributed by atoms with Gasteiger partial charge in [0.2, 0.25) is 5.91 Å². The zero-order valence-corrected chi connectivity index (χ0v) is 13.0. The zero-order chi connectivity index (χ0) is 15.0. The maximum absolute atomic E-state index is 12.5. The molecule has 5 heteroatoms. The largest absolute Gasteiger partial charge is 0.372 e. The van der Waals surface area contributed by atoms with Gasteiger partial charge in [-0.3, -0.25) is 9.69 Å². The van der Waals surface area contributed by atoms with Crippen molar-refractivity contribution in [1.29, 1.82) is 0 Å². The van der Waals surface area contributed by atoms with E-state index in [2.05, 4.69) is 4.90 Å². The van der Waals surface area contributed by atoms with Crippen molar-refractivity contribution in [2.75, 3.05) is 23.4 Å². The fourth-order valence-corrected chi connectivity index (χ4v) is 2.79. The van der Waals surface area contributed by atoms with Crippen LogP contribution < -0.4 is 9.80 Å². The number of hydrogen-bond donors (Lipinski definition) is 0. The second-order valence-electron chi connectivity index (χ2n) is 5.01. The summed E-state index contributed by atoms with van der Waals surface area (Å²) in [5.74, 6) is 0.0465. The number of fused-ring (bicyclic) bond motifs is 1. The van der Waals surface area contributed by atoms with Gasteiger partial charge in [0.05, 0.1) is 11.4 Å². The number of benzene rings is 2. The third-order valence-electron chi connectivity index (χ3n) is 3.58. The first-order valence-electron chi connectivity index (χ1n) is 6.65. The molecule has 1 aliphatic rings. The van der Waals surface area contributed by atoms with E-state index in [9.17, 15) is 4.79 Å². The first kappa shape index (κ1) is 14.2. The molecular formula is C16H14Cl2N2O. The Morgan fingerprint density at radius 3 is 2.33 bits per heavy atom. The summed E-state index contributed by atoms with van der Waals surface area (Å²) in [6.45, 7) is 0.678. The lowest BCUT2D eigenvalue weighted by Crippen LogP contribution is -2.25. The van der Waals surface area contributed by atoms with Crippen LogP contribution in [0.4, 0.5) is 17.1 Å². The zero-order valence-electron chi connectivity index (χ0n) is 11.5. The Hall–Kier alpha value is -1.71. The number of amides is 1. The quantitative estimate of drug-likeness (QED) is 0.772. The molecule has 0 saturated carbocycles. The molecule has 0 radical (unpaired) electrons. The molecule has 1 heterocycles. The van der Waals surface area contributed by atoms with Crippen molar-refractivity contribution < 1.29 is 4.79 Å². The van der Waals surface area contributed by atoms with Gasteiger partial charge in [0, 0.05) is 35.7 Å². The van der Waals surface area contributed by atoms with Crippen LogP contribution in [0.15, 0.2) is 42.5 Å². The highest BCUT2D eigenvalue weighted by molar-refractivity contribution is 6.31. The van der Waals surface area contributed by atoms with E-state index in [0.29, 0.717) is 23.0 Å². The van der Waals surface area contributed by atoms with Gasteiger partial charge in [-0.15, -0.1) is 0 Å². The van der Waals surface area contributed by atoms with Crippen LogP contribution in [-0.4, -0.2) is 19.5 Å². The number of nitrogens with zero attached hydrogens (tertiary/aromatic N) is 2.